The van der Waals surface area contributed by atoms with Crippen LogP contribution in [-0.4, -0.2) is 49.6 Å². The predicted octanol–water partition coefficient (Wildman–Crippen LogP) is 1.61. The van der Waals surface area contributed by atoms with Crippen LogP contribution in [0.3, 0.4) is 0 Å². The lowest BCUT2D eigenvalue weighted by Crippen LogP contribution is -2.50. The number of likely N-dealkylation sites (N-methyl/N-ethyl adjacent to an activating group) is 1. The molecule has 0 aromatic carbocycles. The van der Waals surface area contributed by atoms with Gasteiger partial charge in [-0.15, -0.1) is 0 Å². The van der Waals surface area contributed by atoms with Crippen LogP contribution < -0.4 is 10.6 Å². The summed E-state index contributed by atoms with van der Waals surface area (Å²) >= 11 is 0. The van der Waals surface area contributed by atoms with Crippen molar-refractivity contribution in [2.45, 2.75) is 64.6 Å². The van der Waals surface area contributed by atoms with Crippen molar-refractivity contribution >= 4 is 5.91 Å². The Morgan fingerprint density at radius 1 is 1.21 bits per heavy atom. The molecule has 0 bridgehead atoms. The summed E-state index contributed by atoms with van der Waals surface area (Å²) in [5, 5.41) is 6.38. The third kappa shape index (κ3) is 5.11. The second kappa shape index (κ2) is 7.85. The molecular weight excluding hydrogens is 238 g/mol. The maximum absolute atomic E-state index is 12.1. The molecule has 2 N–H and O–H groups in total. The van der Waals surface area contributed by atoms with Crippen LogP contribution in [0.15, 0.2) is 0 Å². The number of hydrogen-bond donors (Lipinski definition) is 2. The molecule has 0 aromatic rings. The second-order valence-electron chi connectivity index (χ2n) is 6.27. The molecule has 1 unspecified atom stereocenters. The van der Waals surface area contributed by atoms with Gasteiger partial charge in [0.2, 0.25) is 5.91 Å². The zero-order valence-corrected chi connectivity index (χ0v) is 13.2. The fraction of sp³-hybridized carbons (Fsp3) is 0.933. The third-order valence-electron chi connectivity index (χ3n) is 4.36. The molecule has 1 saturated carbocycles. The van der Waals surface area contributed by atoms with E-state index in [2.05, 4.69) is 36.4 Å². The maximum atomic E-state index is 12.1. The van der Waals surface area contributed by atoms with E-state index in [9.17, 15) is 4.79 Å². The van der Waals surface area contributed by atoms with Gasteiger partial charge >= 0.3 is 0 Å². The minimum Gasteiger partial charge on any atom is -0.354 e. The fourth-order valence-electron chi connectivity index (χ4n) is 2.73. The summed E-state index contributed by atoms with van der Waals surface area (Å²) in [6.07, 6.45) is 4.80. The van der Waals surface area contributed by atoms with Gasteiger partial charge in [-0.05, 0) is 52.6 Å². The average molecular weight is 269 g/mol. The molecule has 1 atom stereocenters. The number of carbonyl (C=O) groups is 1. The van der Waals surface area contributed by atoms with E-state index in [1.807, 2.05) is 14.0 Å². The molecule has 19 heavy (non-hydrogen) atoms. The van der Waals surface area contributed by atoms with Gasteiger partial charge in [0.05, 0.1) is 6.04 Å². The van der Waals surface area contributed by atoms with Crippen molar-refractivity contribution in [2.24, 2.45) is 5.92 Å². The molecule has 4 nitrogen and oxygen atoms in total. The first-order valence-corrected chi connectivity index (χ1v) is 7.62. The lowest BCUT2D eigenvalue weighted by atomic mass is 9.90. The maximum Gasteiger partial charge on any atom is 0.237 e. The zero-order valence-electron chi connectivity index (χ0n) is 13.2. The van der Waals surface area contributed by atoms with E-state index < -0.39 is 0 Å². The van der Waals surface area contributed by atoms with Crippen molar-refractivity contribution in [3.63, 3.8) is 0 Å². The number of carbonyl (C=O) groups excluding carboxylic acids is 1. The lowest BCUT2D eigenvalue weighted by Gasteiger charge is -2.37. The number of amides is 1. The van der Waals surface area contributed by atoms with E-state index in [0.29, 0.717) is 18.0 Å². The van der Waals surface area contributed by atoms with Crippen LogP contribution >= 0.6 is 0 Å². The number of nitrogens with one attached hydrogen (secondary N) is 2. The van der Waals surface area contributed by atoms with Gasteiger partial charge < -0.3 is 10.6 Å². The topological polar surface area (TPSA) is 44.4 Å². The molecule has 0 radical (unpaired) electrons. The normalized spacial score (nSPS) is 25.6. The van der Waals surface area contributed by atoms with Gasteiger partial charge in [0.15, 0.2) is 0 Å². The highest BCUT2D eigenvalue weighted by Crippen LogP contribution is 2.23. The third-order valence-corrected chi connectivity index (χ3v) is 4.36. The Kier molecular flexibility index (Phi) is 6.80. The lowest BCUT2D eigenvalue weighted by molar-refractivity contribution is -0.126. The molecule has 0 aliphatic heterocycles. The van der Waals surface area contributed by atoms with E-state index in [0.717, 1.165) is 6.54 Å². The summed E-state index contributed by atoms with van der Waals surface area (Å²) in [5.41, 5.74) is 0. The number of hydrogen-bond acceptors (Lipinski definition) is 3. The van der Waals surface area contributed by atoms with Gasteiger partial charge in [0.1, 0.15) is 0 Å². The van der Waals surface area contributed by atoms with Crippen LogP contribution in [0.1, 0.15) is 46.5 Å². The van der Waals surface area contributed by atoms with Crippen LogP contribution in [0.25, 0.3) is 0 Å². The SMILES string of the molecule is CNC1CCC(N(C)C(C)C(=O)NCC(C)C)CC1. The van der Waals surface area contributed by atoms with Crippen molar-refractivity contribution in [3.05, 3.63) is 0 Å². The largest absolute Gasteiger partial charge is 0.354 e. The van der Waals surface area contributed by atoms with Crippen LogP contribution in [-0.2, 0) is 4.79 Å². The first-order chi connectivity index (χ1) is 8.95. The summed E-state index contributed by atoms with van der Waals surface area (Å²) in [5.74, 6) is 0.666. The van der Waals surface area contributed by atoms with Crippen molar-refractivity contribution < 1.29 is 4.79 Å². The van der Waals surface area contributed by atoms with E-state index in [4.69, 9.17) is 0 Å². The van der Waals surface area contributed by atoms with Crippen molar-refractivity contribution in [3.8, 4) is 0 Å². The van der Waals surface area contributed by atoms with Crippen molar-refractivity contribution in [2.75, 3.05) is 20.6 Å². The standard InChI is InChI=1S/C15H31N3O/c1-11(2)10-17-15(19)12(3)18(5)14-8-6-13(16-4)7-9-14/h11-14,16H,6-10H2,1-5H3,(H,17,19). The van der Waals surface area contributed by atoms with E-state index >= 15 is 0 Å². The number of rotatable bonds is 6. The Hall–Kier alpha value is -0.610. The molecule has 112 valence electrons. The highest BCUT2D eigenvalue weighted by Gasteiger charge is 2.28. The molecule has 4 heteroatoms. The summed E-state index contributed by atoms with van der Waals surface area (Å²) in [4.78, 5) is 14.3. The average Bonchev–Trinajstić information content (AvgIpc) is 2.43. The van der Waals surface area contributed by atoms with Crippen molar-refractivity contribution in [1.82, 2.24) is 15.5 Å². The summed E-state index contributed by atoms with van der Waals surface area (Å²) in [6, 6.07) is 1.18. The quantitative estimate of drug-likeness (QED) is 0.770. The Morgan fingerprint density at radius 2 is 1.79 bits per heavy atom. The Morgan fingerprint density at radius 3 is 2.26 bits per heavy atom. The van der Waals surface area contributed by atoms with Crippen LogP contribution in [0.4, 0.5) is 0 Å². The highest BCUT2D eigenvalue weighted by molar-refractivity contribution is 5.81. The molecule has 1 rings (SSSR count). The predicted molar refractivity (Wildman–Crippen MR) is 80.2 cm³/mol. The molecule has 1 aliphatic carbocycles. The van der Waals surface area contributed by atoms with Crippen molar-refractivity contribution in [1.29, 1.82) is 0 Å². The van der Waals surface area contributed by atoms with E-state index in [-0.39, 0.29) is 11.9 Å². The molecule has 1 aliphatic rings. The number of nitrogens with zero attached hydrogens (tertiary/aromatic N) is 1. The molecule has 1 fully saturated rings. The van der Waals surface area contributed by atoms with Gasteiger partial charge in [-0.3, -0.25) is 9.69 Å². The fourth-order valence-corrected chi connectivity index (χ4v) is 2.73. The molecule has 0 spiro atoms. The Labute approximate surface area is 118 Å². The van der Waals surface area contributed by atoms with Gasteiger partial charge in [0, 0.05) is 18.6 Å². The minimum absolute atomic E-state index is 0.0325. The van der Waals surface area contributed by atoms with E-state index in [1.54, 1.807) is 0 Å². The first-order valence-electron chi connectivity index (χ1n) is 7.62. The smallest absolute Gasteiger partial charge is 0.237 e. The summed E-state index contributed by atoms with van der Waals surface area (Å²) in [7, 11) is 4.13. The second-order valence-corrected chi connectivity index (χ2v) is 6.27. The van der Waals surface area contributed by atoms with E-state index in [1.165, 1.54) is 25.7 Å². The Bertz CT molecular complexity index is 273. The molecule has 0 saturated heterocycles. The minimum atomic E-state index is -0.0325. The summed E-state index contributed by atoms with van der Waals surface area (Å²) < 4.78 is 0. The zero-order chi connectivity index (χ0) is 14.4. The van der Waals surface area contributed by atoms with Gasteiger partial charge in [-0.1, -0.05) is 13.8 Å². The highest BCUT2D eigenvalue weighted by atomic mass is 16.2. The monoisotopic (exact) mass is 269 g/mol. The Balaban J connectivity index is 2.39. The van der Waals surface area contributed by atoms with Gasteiger partial charge in [-0.2, -0.15) is 0 Å². The van der Waals surface area contributed by atoms with Crippen LogP contribution in [0, 0.1) is 5.92 Å². The first kappa shape index (κ1) is 16.4. The van der Waals surface area contributed by atoms with Crippen LogP contribution in [0.2, 0.25) is 0 Å². The van der Waals surface area contributed by atoms with Crippen LogP contribution in [0.5, 0.6) is 0 Å². The molecular formula is C15H31N3O. The van der Waals surface area contributed by atoms with Gasteiger partial charge in [0.25, 0.3) is 0 Å². The molecule has 0 aromatic heterocycles. The summed E-state index contributed by atoms with van der Waals surface area (Å²) in [6.45, 7) is 7.02. The molecule has 1 amide bonds. The molecule has 0 heterocycles. The van der Waals surface area contributed by atoms with Gasteiger partial charge in [-0.25, -0.2) is 0 Å².